The molecule has 0 atom stereocenters. The van der Waals surface area contributed by atoms with Gasteiger partial charge in [0.05, 0.1) is 30.0 Å². The minimum atomic E-state index is -0.545. The van der Waals surface area contributed by atoms with Crippen molar-refractivity contribution in [3.05, 3.63) is 59.3 Å². The van der Waals surface area contributed by atoms with Crippen LogP contribution in [0.1, 0.15) is 35.9 Å². The third-order valence-corrected chi connectivity index (χ3v) is 4.29. The Labute approximate surface area is 169 Å². The van der Waals surface area contributed by atoms with E-state index in [0.29, 0.717) is 18.9 Å². The molecule has 8 heteroatoms. The lowest BCUT2D eigenvalue weighted by molar-refractivity contribution is 0.0995. The number of nitrogens with one attached hydrogen (secondary N) is 1. The van der Waals surface area contributed by atoms with Crippen molar-refractivity contribution in [1.82, 2.24) is 19.5 Å². The molecule has 0 saturated heterocycles. The Kier molecular flexibility index (Phi) is 6.01. The summed E-state index contributed by atoms with van der Waals surface area (Å²) in [5.41, 5.74) is 10.1. The topological polar surface area (TPSA) is 111 Å². The van der Waals surface area contributed by atoms with Crippen molar-refractivity contribution in [2.24, 2.45) is 10.7 Å². The first kappa shape index (κ1) is 20.2. The van der Waals surface area contributed by atoms with Gasteiger partial charge >= 0.3 is 0 Å². The van der Waals surface area contributed by atoms with Crippen molar-refractivity contribution in [2.75, 3.05) is 18.9 Å². The minimum absolute atomic E-state index is 0.245. The van der Waals surface area contributed by atoms with Gasteiger partial charge in [0, 0.05) is 13.2 Å². The van der Waals surface area contributed by atoms with E-state index in [9.17, 15) is 4.79 Å². The van der Waals surface area contributed by atoms with Crippen molar-refractivity contribution in [2.45, 2.75) is 27.3 Å². The SMILES string of the molecule is C/N=C(\C=C(C)C)CNc1nc(C)nc2ccn(Cc3cccc(C(N)=O)n3)c12. The molecule has 3 heterocycles. The second kappa shape index (κ2) is 8.64. The van der Waals surface area contributed by atoms with E-state index in [1.54, 1.807) is 19.2 Å². The molecule has 0 saturated carbocycles. The van der Waals surface area contributed by atoms with E-state index in [1.165, 1.54) is 5.57 Å². The van der Waals surface area contributed by atoms with E-state index in [2.05, 4.69) is 25.3 Å². The molecule has 0 aliphatic carbocycles. The van der Waals surface area contributed by atoms with Crippen LogP contribution in [0.4, 0.5) is 5.82 Å². The van der Waals surface area contributed by atoms with Gasteiger partial charge in [0.25, 0.3) is 5.91 Å². The summed E-state index contributed by atoms with van der Waals surface area (Å²) in [5, 5.41) is 3.38. The number of hydrogen-bond acceptors (Lipinski definition) is 6. The zero-order valence-corrected chi connectivity index (χ0v) is 17.1. The predicted molar refractivity (Wildman–Crippen MR) is 115 cm³/mol. The van der Waals surface area contributed by atoms with Crippen molar-refractivity contribution >= 4 is 28.5 Å². The standard InChI is InChI=1S/C21H25N7O/c1-13(2)10-16(23-4)11-24-21-19-17(25-14(3)26-21)8-9-28(19)12-15-6-5-7-18(27-15)20(22)29/h5-10H,11-12H2,1-4H3,(H2,22,29)(H,24,25,26)/b23-16+. The van der Waals surface area contributed by atoms with Crippen molar-refractivity contribution < 1.29 is 4.79 Å². The Hall–Kier alpha value is -3.55. The Morgan fingerprint density at radius 1 is 1.24 bits per heavy atom. The first-order valence-corrected chi connectivity index (χ1v) is 9.31. The average molecular weight is 391 g/mol. The van der Waals surface area contributed by atoms with E-state index >= 15 is 0 Å². The molecular formula is C21H25N7O. The highest BCUT2D eigenvalue weighted by Gasteiger charge is 2.13. The summed E-state index contributed by atoms with van der Waals surface area (Å²) < 4.78 is 2.01. The molecular weight excluding hydrogens is 366 g/mol. The van der Waals surface area contributed by atoms with Gasteiger partial charge in [-0.3, -0.25) is 9.79 Å². The van der Waals surface area contributed by atoms with Crippen LogP contribution in [0, 0.1) is 6.92 Å². The molecule has 29 heavy (non-hydrogen) atoms. The van der Waals surface area contributed by atoms with Crippen LogP contribution in [0.3, 0.4) is 0 Å². The highest BCUT2D eigenvalue weighted by Crippen LogP contribution is 2.22. The lowest BCUT2D eigenvalue weighted by atomic mass is 10.2. The molecule has 1 amide bonds. The quantitative estimate of drug-likeness (QED) is 0.602. The van der Waals surface area contributed by atoms with Gasteiger partial charge in [0.2, 0.25) is 0 Å². The van der Waals surface area contributed by atoms with E-state index in [-0.39, 0.29) is 5.69 Å². The maximum Gasteiger partial charge on any atom is 0.267 e. The van der Waals surface area contributed by atoms with E-state index < -0.39 is 5.91 Å². The van der Waals surface area contributed by atoms with Crippen LogP contribution in [0.25, 0.3) is 11.0 Å². The van der Waals surface area contributed by atoms with E-state index in [4.69, 9.17) is 5.73 Å². The molecule has 150 valence electrons. The van der Waals surface area contributed by atoms with Gasteiger partial charge in [0.1, 0.15) is 17.0 Å². The highest BCUT2D eigenvalue weighted by molar-refractivity contribution is 5.99. The lowest BCUT2D eigenvalue weighted by Gasteiger charge is -2.12. The van der Waals surface area contributed by atoms with Gasteiger partial charge in [-0.2, -0.15) is 0 Å². The molecule has 0 unspecified atom stereocenters. The normalized spacial score (nSPS) is 11.5. The number of aliphatic imine (C=N–C) groups is 1. The summed E-state index contributed by atoms with van der Waals surface area (Å²) in [6, 6.07) is 7.18. The van der Waals surface area contributed by atoms with Crippen molar-refractivity contribution in [3.8, 4) is 0 Å². The predicted octanol–water partition coefficient (Wildman–Crippen LogP) is 2.73. The average Bonchev–Trinajstić information content (AvgIpc) is 3.07. The Morgan fingerprint density at radius 2 is 2.03 bits per heavy atom. The summed E-state index contributed by atoms with van der Waals surface area (Å²) in [5.74, 6) is 0.867. The summed E-state index contributed by atoms with van der Waals surface area (Å²) in [6.07, 6.45) is 3.98. The Bertz CT molecular complexity index is 1110. The third-order valence-electron chi connectivity index (χ3n) is 4.29. The van der Waals surface area contributed by atoms with Gasteiger partial charge < -0.3 is 15.6 Å². The Balaban J connectivity index is 1.95. The summed E-state index contributed by atoms with van der Waals surface area (Å²) >= 11 is 0. The number of aryl methyl sites for hydroxylation is 1. The first-order valence-electron chi connectivity index (χ1n) is 9.31. The lowest BCUT2D eigenvalue weighted by Crippen LogP contribution is -2.16. The number of nitrogens with two attached hydrogens (primary N) is 1. The third kappa shape index (κ3) is 4.84. The molecule has 0 radical (unpaired) electrons. The number of allylic oxidation sites excluding steroid dienone is 1. The number of rotatable bonds is 7. The fraction of sp³-hybridized carbons (Fsp3) is 0.286. The minimum Gasteiger partial charge on any atom is -0.364 e. The zero-order valence-electron chi connectivity index (χ0n) is 17.1. The van der Waals surface area contributed by atoms with Crippen LogP contribution >= 0.6 is 0 Å². The van der Waals surface area contributed by atoms with Gasteiger partial charge in [-0.1, -0.05) is 11.6 Å². The van der Waals surface area contributed by atoms with Crippen LogP contribution < -0.4 is 11.1 Å². The number of pyridine rings is 1. The first-order chi connectivity index (χ1) is 13.9. The van der Waals surface area contributed by atoms with Gasteiger partial charge in [0.15, 0.2) is 5.82 Å². The van der Waals surface area contributed by atoms with E-state index in [0.717, 1.165) is 28.3 Å². The number of fused-ring (bicyclic) bond motifs is 1. The molecule has 3 aromatic heterocycles. The maximum atomic E-state index is 11.4. The second-order valence-corrected chi connectivity index (χ2v) is 6.97. The number of primary amides is 1. The number of carbonyl (C=O) groups is 1. The molecule has 0 fully saturated rings. The fourth-order valence-electron chi connectivity index (χ4n) is 3.06. The maximum absolute atomic E-state index is 11.4. The van der Waals surface area contributed by atoms with E-state index in [1.807, 2.05) is 49.7 Å². The molecule has 0 aromatic carbocycles. The van der Waals surface area contributed by atoms with Crippen molar-refractivity contribution in [1.29, 1.82) is 0 Å². The largest absolute Gasteiger partial charge is 0.364 e. The van der Waals surface area contributed by atoms with Gasteiger partial charge in [-0.05, 0) is 45.0 Å². The van der Waals surface area contributed by atoms with Crippen molar-refractivity contribution in [3.63, 3.8) is 0 Å². The number of carbonyl (C=O) groups excluding carboxylic acids is 1. The molecule has 0 aliphatic rings. The summed E-state index contributed by atoms with van der Waals surface area (Å²) in [4.78, 5) is 29.2. The van der Waals surface area contributed by atoms with Crippen LogP contribution in [0.5, 0.6) is 0 Å². The summed E-state index contributed by atoms with van der Waals surface area (Å²) in [6.45, 7) is 6.96. The molecule has 8 nitrogen and oxygen atoms in total. The van der Waals surface area contributed by atoms with Crippen LogP contribution in [-0.2, 0) is 6.54 Å². The van der Waals surface area contributed by atoms with Gasteiger partial charge in [-0.25, -0.2) is 15.0 Å². The monoisotopic (exact) mass is 391 g/mol. The van der Waals surface area contributed by atoms with Crippen LogP contribution in [-0.4, -0.2) is 44.7 Å². The number of nitrogens with zero attached hydrogens (tertiary/aromatic N) is 5. The molecule has 3 N–H and O–H groups in total. The number of amides is 1. The summed E-state index contributed by atoms with van der Waals surface area (Å²) in [7, 11) is 1.78. The van der Waals surface area contributed by atoms with Crippen LogP contribution in [0.15, 0.2) is 47.1 Å². The smallest absolute Gasteiger partial charge is 0.267 e. The van der Waals surface area contributed by atoms with Gasteiger partial charge in [-0.15, -0.1) is 0 Å². The highest BCUT2D eigenvalue weighted by atomic mass is 16.1. The number of aromatic nitrogens is 4. The van der Waals surface area contributed by atoms with Crippen LogP contribution in [0.2, 0.25) is 0 Å². The zero-order chi connectivity index (χ0) is 21.0. The number of anilines is 1. The molecule has 0 bridgehead atoms. The molecule has 0 spiro atoms. The second-order valence-electron chi connectivity index (χ2n) is 6.97. The number of hydrogen-bond donors (Lipinski definition) is 2. The fourth-order valence-corrected chi connectivity index (χ4v) is 3.06. The molecule has 0 aliphatic heterocycles. The molecule has 3 rings (SSSR count). The molecule has 3 aromatic rings. The Morgan fingerprint density at radius 3 is 2.72 bits per heavy atom.